The van der Waals surface area contributed by atoms with Crippen LogP contribution in [0, 0.1) is 5.41 Å². The molecule has 0 aliphatic heterocycles. The van der Waals surface area contributed by atoms with E-state index < -0.39 is 9.84 Å². The molecule has 17 heavy (non-hydrogen) atoms. The Morgan fingerprint density at radius 1 is 1.29 bits per heavy atom. The van der Waals surface area contributed by atoms with Crippen LogP contribution in [0.15, 0.2) is 0 Å². The van der Waals surface area contributed by atoms with Crippen molar-refractivity contribution in [3.8, 4) is 0 Å². The van der Waals surface area contributed by atoms with E-state index in [0.717, 1.165) is 6.54 Å². The van der Waals surface area contributed by atoms with E-state index in [9.17, 15) is 8.42 Å². The first-order chi connectivity index (χ1) is 7.73. The summed E-state index contributed by atoms with van der Waals surface area (Å²) >= 11 is 0. The summed E-state index contributed by atoms with van der Waals surface area (Å²) in [7, 11) is -1.41. The third kappa shape index (κ3) is 7.73. The lowest BCUT2D eigenvalue weighted by Gasteiger charge is -2.31. The number of ether oxygens (including phenoxy) is 1. The van der Waals surface area contributed by atoms with E-state index in [2.05, 4.69) is 26.1 Å². The topological polar surface area (TPSA) is 55.4 Å². The van der Waals surface area contributed by atoms with Crippen molar-refractivity contribution in [1.82, 2.24) is 5.32 Å². The SMILES string of the molecule is CCNC(CS(=O)(=O)CCCOC)C(C)(C)C. The molecule has 0 aliphatic rings. The van der Waals surface area contributed by atoms with Crippen LogP contribution in [0.1, 0.15) is 34.1 Å². The Bertz CT molecular complexity index is 293. The van der Waals surface area contributed by atoms with Gasteiger partial charge in [-0.25, -0.2) is 8.42 Å². The van der Waals surface area contributed by atoms with Crippen molar-refractivity contribution < 1.29 is 13.2 Å². The normalized spacial score (nSPS) is 14.9. The van der Waals surface area contributed by atoms with Crippen LogP contribution in [0.3, 0.4) is 0 Å². The Morgan fingerprint density at radius 2 is 1.88 bits per heavy atom. The number of nitrogens with one attached hydrogen (secondary N) is 1. The van der Waals surface area contributed by atoms with Gasteiger partial charge >= 0.3 is 0 Å². The van der Waals surface area contributed by atoms with Gasteiger partial charge in [0.25, 0.3) is 0 Å². The molecule has 0 heterocycles. The van der Waals surface area contributed by atoms with Gasteiger partial charge in [0.15, 0.2) is 9.84 Å². The molecule has 0 aromatic rings. The summed E-state index contributed by atoms with van der Waals surface area (Å²) in [6, 6.07) is 0.0000416. The molecule has 1 N–H and O–H groups in total. The second kappa shape index (κ2) is 7.34. The predicted octanol–water partition coefficient (Wildman–Crippen LogP) is 1.46. The van der Waals surface area contributed by atoms with Crippen molar-refractivity contribution >= 4 is 9.84 Å². The monoisotopic (exact) mass is 265 g/mol. The van der Waals surface area contributed by atoms with Crippen molar-refractivity contribution in [3.63, 3.8) is 0 Å². The fourth-order valence-corrected chi connectivity index (χ4v) is 3.47. The average Bonchev–Trinajstić information content (AvgIpc) is 2.15. The molecule has 0 spiro atoms. The summed E-state index contributed by atoms with van der Waals surface area (Å²) in [5, 5.41) is 3.26. The van der Waals surface area contributed by atoms with Crippen LogP contribution in [0.2, 0.25) is 0 Å². The number of rotatable bonds is 8. The third-order valence-corrected chi connectivity index (χ3v) is 4.47. The summed E-state index contributed by atoms with van der Waals surface area (Å²) in [6.07, 6.45) is 0.571. The average molecular weight is 265 g/mol. The molecule has 0 radical (unpaired) electrons. The second-order valence-electron chi connectivity index (χ2n) is 5.44. The van der Waals surface area contributed by atoms with E-state index in [1.165, 1.54) is 0 Å². The largest absolute Gasteiger partial charge is 0.385 e. The highest BCUT2D eigenvalue weighted by Crippen LogP contribution is 2.21. The maximum absolute atomic E-state index is 11.9. The molecule has 0 aliphatic carbocycles. The molecule has 0 bridgehead atoms. The molecule has 0 amide bonds. The fraction of sp³-hybridized carbons (Fsp3) is 1.00. The Hall–Kier alpha value is -0.130. The maximum Gasteiger partial charge on any atom is 0.151 e. The third-order valence-electron chi connectivity index (χ3n) is 2.72. The summed E-state index contributed by atoms with van der Waals surface area (Å²) in [4.78, 5) is 0. The first-order valence-electron chi connectivity index (χ1n) is 6.15. The van der Waals surface area contributed by atoms with E-state index in [4.69, 9.17) is 4.74 Å². The van der Waals surface area contributed by atoms with Gasteiger partial charge in [-0.1, -0.05) is 27.7 Å². The minimum absolute atomic E-state index is 0.0000416. The van der Waals surface area contributed by atoms with Gasteiger partial charge in [0.05, 0.1) is 11.5 Å². The second-order valence-corrected chi connectivity index (χ2v) is 7.67. The first-order valence-corrected chi connectivity index (χ1v) is 7.98. The molecule has 1 atom stereocenters. The molecule has 0 rings (SSSR count). The molecule has 5 heteroatoms. The molecular formula is C12H27NO3S. The minimum Gasteiger partial charge on any atom is -0.385 e. The van der Waals surface area contributed by atoms with Gasteiger partial charge in [-0.3, -0.25) is 0 Å². The van der Waals surface area contributed by atoms with Crippen molar-refractivity contribution in [3.05, 3.63) is 0 Å². The van der Waals surface area contributed by atoms with E-state index in [1.54, 1.807) is 7.11 Å². The molecule has 4 nitrogen and oxygen atoms in total. The lowest BCUT2D eigenvalue weighted by Crippen LogP contribution is -2.45. The highest BCUT2D eigenvalue weighted by Gasteiger charge is 2.28. The Morgan fingerprint density at radius 3 is 2.29 bits per heavy atom. The molecule has 0 aromatic heterocycles. The predicted molar refractivity (Wildman–Crippen MR) is 72.1 cm³/mol. The van der Waals surface area contributed by atoms with E-state index in [1.807, 2.05) is 6.92 Å². The van der Waals surface area contributed by atoms with E-state index in [0.29, 0.717) is 13.0 Å². The number of sulfone groups is 1. The summed E-state index contributed by atoms with van der Waals surface area (Å²) in [5.74, 6) is 0.410. The van der Waals surface area contributed by atoms with Crippen molar-refractivity contribution in [2.75, 3.05) is 31.8 Å². The fourth-order valence-electron chi connectivity index (χ4n) is 1.62. The van der Waals surface area contributed by atoms with Gasteiger partial charge in [0.2, 0.25) is 0 Å². The molecule has 0 fully saturated rings. The van der Waals surface area contributed by atoms with Gasteiger partial charge in [-0.15, -0.1) is 0 Å². The highest BCUT2D eigenvalue weighted by atomic mass is 32.2. The van der Waals surface area contributed by atoms with Crippen molar-refractivity contribution in [1.29, 1.82) is 0 Å². The van der Waals surface area contributed by atoms with Crippen LogP contribution in [0.25, 0.3) is 0 Å². The highest BCUT2D eigenvalue weighted by molar-refractivity contribution is 7.91. The van der Waals surface area contributed by atoms with E-state index >= 15 is 0 Å². The molecule has 0 saturated heterocycles. The molecule has 1 unspecified atom stereocenters. The minimum atomic E-state index is -3.00. The Labute approximate surface area is 106 Å². The molecule has 0 saturated carbocycles. The van der Waals surface area contributed by atoms with Crippen LogP contribution in [0.4, 0.5) is 0 Å². The number of hydrogen-bond acceptors (Lipinski definition) is 4. The van der Waals surface area contributed by atoms with Crippen LogP contribution in [-0.2, 0) is 14.6 Å². The number of methoxy groups -OCH3 is 1. The van der Waals surface area contributed by atoms with E-state index in [-0.39, 0.29) is 23.0 Å². The van der Waals surface area contributed by atoms with Gasteiger partial charge in [0, 0.05) is 19.8 Å². The standard InChI is InChI=1S/C12H27NO3S/c1-6-13-11(12(2,3)4)10-17(14,15)9-7-8-16-5/h11,13H,6-10H2,1-5H3. The van der Waals surface area contributed by atoms with Gasteiger partial charge in [-0.2, -0.15) is 0 Å². The lowest BCUT2D eigenvalue weighted by atomic mass is 9.88. The Balaban J connectivity index is 4.43. The summed E-state index contributed by atoms with van der Waals surface area (Å²) in [5.41, 5.74) is -0.0513. The summed E-state index contributed by atoms with van der Waals surface area (Å²) in [6.45, 7) is 9.47. The molecule has 104 valence electrons. The molecule has 0 aromatic carbocycles. The summed E-state index contributed by atoms with van der Waals surface area (Å²) < 4.78 is 28.8. The first kappa shape index (κ1) is 16.9. The van der Waals surface area contributed by atoms with Crippen LogP contribution in [-0.4, -0.2) is 46.2 Å². The van der Waals surface area contributed by atoms with Gasteiger partial charge in [-0.05, 0) is 18.4 Å². The quantitative estimate of drug-likeness (QED) is 0.675. The Kier molecular flexibility index (Phi) is 7.28. The van der Waals surface area contributed by atoms with Crippen LogP contribution in [0.5, 0.6) is 0 Å². The maximum atomic E-state index is 11.9. The zero-order valence-corrected chi connectivity index (χ0v) is 12.6. The van der Waals surface area contributed by atoms with Gasteiger partial charge in [0.1, 0.15) is 0 Å². The molecular weight excluding hydrogens is 238 g/mol. The zero-order valence-electron chi connectivity index (χ0n) is 11.7. The smallest absolute Gasteiger partial charge is 0.151 e. The van der Waals surface area contributed by atoms with Crippen LogP contribution >= 0.6 is 0 Å². The van der Waals surface area contributed by atoms with Crippen molar-refractivity contribution in [2.24, 2.45) is 5.41 Å². The van der Waals surface area contributed by atoms with Gasteiger partial charge < -0.3 is 10.1 Å². The number of hydrogen-bond donors (Lipinski definition) is 1. The zero-order chi connectivity index (χ0) is 13.5. The lowest BCUT2D eigenvalue weighted by molar-refractivity contribution is 0.199. The van der Waals surface area contributed by atoms with Crippen molar-refractivity contribution in [2.45, 2.75) is 40.2 Å². The van der Waals surface area contributed by atoms with Crippen LogP contribution < -0.4 is 5.32 Å².